The number of nitrogens with zero attached hydrogens (tertiary/aromatic N) is 2. The number of benzene rings is 7. The van der Waals surface area contributed by atoms with Crippen molar-refractivity contribution in [1.82, 2.24) is 0 Å². The molecule has 0 aliphatic carbocycles. The van der Waals surface area contributed by atoms with Crippen molar-refractivity contribution >= 4 is 79.2 Å². The van der Waals surface area contributed by atoms with Crippen LogP contribution in [-0.4, -0.2) is 6.71 Å². The molecule has 0 radical (unpaired) electrons. The second kappa shape index (κ2) is 13.5. The van der Waals surface area contributed by atoms with E-state index in [0.717, 1.165) is 39.0 Å². The van der Waals surface area contributed by atoms with Crippen molar-refractivity contribution < 1.29 is 4.42 Å². The number of fused-ring (bicyclic) bond motifs is 7. The summed E-state index contributed by atoms with van der Waals surface area (Å²) >= 11 is 0. The van der Waals surface area contributed by atoms with Gasteiger partial charge in [0.05, 0.1) is 0 Å². The Balaban J connectivity index is 1.23. The van der Waals surface area contributed by atoms with E-state index in [0.29, 0.717) is 0 Å². The molecule has 0 amide bonds. The zero-order valence-corrected chi connectivity index (χ0v) is 37.7. The first-order chi connectivity index (χ1) is 28.9. The minimum absolute atomic E-state index is 0.0159. The largest absolute Gasteiger partial charge is 0.456 e. The van der Waals surface area contributed by atoms with Crippen LogP contribution in [0.1, 0.15) is 104 Å². The van der Waals surface area contributed by atoms with Crippen LogP contribution in [0.2, 0.25) is 0 Å². The summed E-state index contributed by atoms with van der Waals surface area (Å²) in [5, 5.41) is 2.30. The van der Waals surface area contributed by atoms with Crippen molar-refractivity contribution in [2.75, 3.05) is 9.80 Å². The van der Waals surface area contributed by atoms with Gasteiger partial charge in [0.15, 0.2) is 0 Å². The molecular formula is C57H57BN2O. The molecule has 0 unspecified atom stereocenters. The molecule has 7 aromatic carbocycles. The Hall–Kier alpha value is -6.00. The first-order valence-electron chi connectivity index (χ1n) is 22.0. The molecule has 0 atom stereocenters. The predicted molar refractivity (Wildman–Crippen MR) is 262 cm³/mol. The molecule has 3 heterocycles. The average Bonchev–Trinajstić information content (AvgIpc) is 3.58. The fraction of sp³-hybridized carbons (Fsp3) is 0.263. The lowest BCUT2D eigenvalue weighted by Gasteiger charge is -2.46. The Bertz CT molecular complexity index is 2950. The number of rotatable bonds is 4. The zero-order chi connectivity index (χ0) is 42.8. The first-order valence-corrected chi connectivity index (χ1v) is 22.0. The fourth-order valence-electron chi connectivity index (χ4n) is 10.0. The average molecular weight is 797 g/mol. The Kier molecular flexibility index (Phi) is 8.67. The van der Waals surface area contributed by atoms with E-state index >= 15 is 0 Å². The van der Waals surface area contributed by atoms with Crippen LogP contribution in [0, 0.1) is 0 Å². The van der Waals surface area contributed by atoms with Gasteiger partial charge in [-0.3, -0.25) is 0 Å². The molecule has 3 nitrogen and oxygen atoms in total. The van der Waals surface area contributed by atoms with Gasteiger partial charge >= 0.3 is 0 Å². The maximum Gasteiger partial charge on any atom is 0.247 e. The smallest absolute Gasteiger partial charge is 0.247 e. The maximum absolute atomic E-state index is 7.00. The molecule has 61 heavy (non-hydrogen) atoms. The molecule has 10 rings (SSSR count). The summed E-state index contributed by atoms with van der Waals surface area (Å²) in [4.78, 5) is 4.87. The molecule has 0 N–H and O–H groups in total. The van der Waals surface area contributed by atoms with Crippen molar-refractivity contribution in [2.24, 2.45) is 0 Å². The van der Waals surface area contributed by atoms with Crippen LogP contribution in [-0.2, 0) is 21.7 Å². The van der Waals surface area contributed by atoms with Gasteiger partial charge in [0.1, 0.15) is 11.2 Å². The number of para-hydroxylation sites is 2. The summed E-state index contributed by atoms with van der Waals surface area (Å²) in [7, 11) is 0. The van der Waals surface area contributed by atoms with Gasteiger partial charge in [-0.2, -0.15) is 0 Å². The van der Waals surface area contributed by atoms with Crippen LogP contribution >= 0.6 is 0 Å². The summed E-state index contributed by atoms with van der Waals surface area (Å²) in [5.74, 6) is 0. The lowest BCUT2D eigenvalue weighted by molar-refractivity contribution is 0.583. The van der Waals surface area contributed by atoms with Crippen LogP contribution in [0.5, 0.6) is 0 Å². The van der Waals surface area contributed by atoms with E-state index in [2.05, 4.69) is 232 Å². The third kappa shape index (κ3) is 6.32. The Morgan fingerprint density at radius 2 is 1.07 bits per heavy atom. The second-order valence-electron chi connectivity index (χ2n) is 21.1. The van der Waals surface area contributed by atoms with Gasteiger partial charge in [0.2, 0.25) is 6.71 Å². The summed E-state index contributed by atoms with van der Waals surface area (Å²) in [6, 6.07) is 54.4. The molecule has 0 bridgehead atoms. The molecule has 0 saturated heterocycles. The minimum atomic E-state index is -0.285. The Morgan fingerprint density at radius 1 is 0.475 bits per heavy atom. The Morgan fingerprint density at radius 3 is 1.67 bits per heavy atom. The fourth-order valence-corrected chi connectivity index (χ4v) is 10.0. The van der Waals surface area contributed by atoms with E-state index in [9.17, 15) is 0 Å². The first kappa shape index (κ1) is 39.2. The molecule has 2 aliphatic heterocycles. The zero-order valence-electron chi connectivity index (χ0n) is 37.7. The molecule has 0 saturated carbocycles. The van der Waals surface area contributed by atoms with Gasteiger partial charge in [-0.1, -0.05) is 148 Å². The van der Waals surface area contributed by atoms with Crippen molar-refractivity contribution in [3.63, 3.8) is 0 Å². The number of anilines is 6. The number of hydrogen-bond donors (Lipinski definition) is 0. The predicted octanol–water partition coefficient (Wildman–Crippen LogP) is 13.9. The molecule has 0 fully saturated rings. The minimum Gasteiger partial charge on any atom is -0.456 e. The standard InChI is InChI=1S/C57H57BN2O/c1-54(2,3)36-22-25-41(26-23-36)60-49-29-24-37(55(4,5)6)31-48(49)58-47-35-52-44(34-45(47)57(10,11)46-30-38(56(7,8)9)32-50(60)53(46)58)43-28-27-42(33-51(43)61-52)59(39-18-14-12-15-19-39)40-20-16-13-17-21-40/h12-35H,1-11H3. The molecule has 2 aliphatic rings. The highest BCUT2D eigenvalue weighted by molar-refractivity contribution is 6.99. The van der Waals surface area contributed by atoms with Crippen LogP contribution in [0.15, 0.2) is 150 Å². The topological polar surface area (TPSA) is 19.6 Å². The van der Waals surface area contributed by atoms with Crippen molar-refractivity contribution in [1.29, 1.82) is 0 Å². The van der Waals surface area contributed by atoms with Gasteiger partial charge in [-0.25, -0.2) is 0 Å². The van der Waals surface area contributed by atoms with Crippen LogP contribution < -0.4 is 26.2 Å². The van der Waals surface area contributed by atoms with E-state index in [-0.39, 0.29) is 28.4 Å². The third-order valence-electron chi connectivity index (χ3n) is 13.6. The summed E-state index contributed by atoms with van der Waals surface area (Å²) in [5.41, 5.74) is 19.4. The molecule has 8 aromatic rings. The lowest BCUT2D eigenvalue weighted by atomic mass is 9.30. The van der Waals surface area contributed by atoms with Crippen LogP contribution in [0.25, 0.3) is 21.9 Å². The van der Waals surface area contributed by atoms with Gasteiger partial charge in [0.25, 0.3) is 0 Å². The van der Waals surface area contributed by atoms with Crippen LogP contribution in [0.4, 0.5) is 34.1 Å². The lowest BCUT2D eigenvalue weighted by Crippen LogP contribution is -2.64. The number of hydrogen-bond acceptors (Lipinski definition) is 3. The monoisotopic (exact) mass is 796 g/mol. The quantitative estimate of drug-likeness (QED) is 0.165. The summed E-state index contributed by atoms with van der Waals surface area (Å²) in [6.45, 7) is 25.8. The normalized spacial score (nSPS) is 14.5. The van der Waals surface area contributed by atoms with E-state index < -0.39 is 0 Å². The van der Waals surface area contributed by atoms with E-state index in [4.69, 9.17) is 4.42 Å². The highest BCUT2D eigenvalue weighted by Crippen LogP contribution is 2.47. The molecule has 304 valence electrons. The second-order valence-corrected chi connectivity index (χ2v) is 21.1. The van der Waals surface area contributed by atoms with E-state index in [1.807, 2.05) is 0 Å². The summed E-state index contributed by atoms with van der Waals surface area (Å²) < 4.78 is 7.00. The highest BCUT2D eigenvalue weighted by atomic mass is 16.3. The van der Waals surface area contributed by atoms with Crippen molar-refractivity contribution in [3.05, 3.63) is 173 Å². The molecular weight excluding hydrogens is 739 g/mol. The third-order valence-corrected chi connectivity index (χ3v) is 13.6. The SMILES string of the molecule is CC(C)(C)c1ccc(N2c3ccc(C(C)(C)C)cc3B3c4cc5oc6cc(N(c7ccccc7)c7ccccc7)ccc6c5cc4C(C)(C)c4cc(C(C)(C)C)cc2c43)cc1. The van der Waals surface area contributed by atoms with Crippen LogP contribution in [0.3, 0.4) is 0 Å². The van der Waals surface area contributed by atoms with Crippen molar-refractivity contribution in [2.45, 2.75) is 97.8 Å². The van der Waals surface area contributed by atoms with E-state index in [1.54, 1.807) is 0 Å². The van der Waals surface area contributed by atoms with Gasteiger partial charge < -0.3 is 14.2 Å². The van der Waals surface area contributed by atoms with Gasteiger partial charge in [-0.05, 0) is 128 Å². The molecule has 1 aromatic heterocycles. The summed E-state index contributed by atoms with van der Waals surface area (Å²) in [6.07, 6.45) is 0. The van der Waals surface area contributed by atoms with Crippen molar-refractivity contribution in [3.8, 4) is 0 Å². The highest BCUT2D eigenvalue weighted by Gasteiger charge is 2.47. The molecule has 4 heteroatoms. The number of furan rings is 1. The molecule has 0 spiro atoms. The van der Waals surface area contributed by atoms with E-state index in [1.165, 1.54) is 61.3 Å². The Labute approximate surface area is 363 Å². The maximum atomic E-state index is 7.00. The van der Waals surface area contributed by atoms with Gasteiger partial charge in [0, 0.05) is 56.4 Å². The van der Waals surface area contributed by atoms with Gasteiger partial charge in [-0.15, -0.1) is 0 Å².